The summed E-state index contributed by atoms with van der Waals surface area (Å²) >= 11 is 0. The SMILES string of the molecule is CC(C)(C)OC(=O)NCCCC[C@H]1O[C@@H]1C(=O)Nc1ccc(Oc2cccc(N)c2)cc1. The van der Waals surface area contributed by atoms with Gasteiger partial charge in [0.1, 0.15) is 17.1 Å². The monoisotopic (exact) mass is 441 g/mol. The number of carbonyl (C=O) groups is 2. The maximum Gasteiger partial charge on any atom is 0.407 e. The van der Waals surface area contributed by atoms with Crippen molar-refractivity contribution in [1.29, 1.82) is 0 Å². The number of epoxide rings is 1. The number of alkyl carbamates (subject to hydrolysis) is 1. The van der Waals surface area contributed by atoms with Gasteiger partial charge in [0.15, 0.2) is 6.10 Å². The van der Waals surface area contributed by atoms with Crippen LogP contribution in [0.3, 0.4) is 0 Å². The lowest BCUT2D eigenvalue weighted by atomic mass is 10.1. The Morgan fingerprint density at radius 1 is 1.06 bits per heavy atom. The van der Waals surface area contributed by atoms with Crippen molar-refractivity contribution in [2.24, 2.45) is 0 Å². The number of amides is 2. The number of hydrogen-bond donors (Lipinski definition) is 3. The van der Waals surface area contributed by atoms with E-state index in [1.165, 1.54) is 0 Å². The van der Waals surface area contributed by atoms with Crippen LogP contribution < -0.4 is 21.1 Å². The van der Waals surface area contributed by atoms with Crippen LogP contribution in [0.2, 0.25) is 0 Å². The third-order valence-electron chi connectivity index (χ3n) is 4.64. The minimum absolute atomic E-state index is 0.0809. The third-order valence-corrected chi connectivity index (χ3v) is 4.64. The molecule has 1 aliphatic heterocycles. The molecule has 0 aromatic heterocycles. The summed E-state index contributed by atoms with van der Waals surface area (Å²) in [7, 11) is 0. The highest BCUT2D eigenvalue weighted by atomic mass is 16.6. The van der Waals surface area contributed by atoms with Crippen molar-refractivity contribution in [3.05, 3.63) is 48.5 Å². The van der Waals surface area contributed by atoms with Crippen molar-refractivity contribution >= 4 is 23.4 Å². The summed E-state index contributed by atoms with van der Waals surface area (Å²) in [5.41, 5.74) is 6.55. The second-order valence-corrected chi connectivity index (χ2v) is 8.71. The number of nitrogens with two attached hydrogens (primary N) is 1. The molecule has 8 nitrogen and oxygen atoms in total. The first-order valence-corrected chi connectivity index (χ1v) is 10.8. The lowest BCUT2D eigenvalue weighted by Gasteiger charge is -2.19. The first-order chi connectivity index (χ1) is 15.2. The first-order valence-electron chi connectivity index (χ1n) is 10.8. The van der Waals surface area contributed by atoms with Gasteiger partial charge < -0.3 is 30.6 Å². The molecule has 2 amide bonds. The summed E-state index contributed by atoms with van der Waals surface area (Å²) in [6.45, 7) is 6.01. The van der Waals surface area contributed by atoms with Gasteiger partial charge in [-0.1, -0.05) is 6.07 Å². The highest BCUT2D eigenvalue weighted by molar-refractivity contribution is 5.96. The third kappa shape index (κ3) is 7.77. The van der Waals surface area contributed by atoms with E-state index in [0.717, 1.165) is 19.3 Å². The zero-order valence-corrected chi connectivity index (χ0v) is 18.7. The lowest BCUT2D eigenvalue weighted by Crippen LogP contribution is -2.33. The zero-order valence-electron chi connectivity index (χ0n) is 18.7. The van der Waals surface area contributed by atoms with E-state index in [2.05, 4.69) is 10.6 Å². The number of anilines is 2. The molecular weight excluding hydrogens is 410 g/mol. The fourth-order valence-corrected chi connectivity index (χ4v) is 3.10. The molecule has 4 N–H and O–H groups in total. The molecule has 1 fully saturated rings. The van der Waals surface area contributed by atoms with Crippen molar-refractivity contribution in [2.75, 3.05) is 17.6 Å². The molecule has 2 aromatic carbocycles. The fourth-order valence-electron chi connectivity index (χ4n) is 3.10. The lowest BCUT2D eigenvalue weighted by molar-refractivity contribution is -0.117. The van der Waals surface area contributed by atoms with Crippen molar-refractivity contribution in [3.63, 3.8) is 0 Å². The van der Waals surface area contributed by atoms with E-state index in [0.29, 0.717) is 29.4 Å². The van der Waals surface area contributed by atoms with Gasteiger partial charge in [0.05, 0.1) is 6.10 Å². The van der Waals surface area contributed by atoms with Crippen LogP contribution in [0.1, 0.15) is 40.0 Å². The number of rotatable bonds is 9. The van der Waals surface area contributed by atoms with E-state index in [-0.39, 0.29) is 12.0 Å². The van der Waals surface area contributed by atoms with Gasteiger partial charge in [0, 0.05) is 24.0 Å². The van der Waals surface area contributed by atoms with Crippen LogP contribution in [-0.4, -0.2) is 36.4 Å². The molecule has 2 aromatic rings. The van der Waals surface area contributed by atoms with Gasteiger partial charge in [0.25, 0.3) is 5.91 Å². The van der Waals surface area contributed by atoms with E-state index in [4.69, 9.17) is 19.9 Å². The Balaban J connectivity index is 1.32. The van der Waals surface area contributed by atoms with E-state index in [9.17, 15) is 9.59 Å². The average Bonchev–Trinajstić information content (AvgIpc) is 3.48. The molecule has 8 heteroatoms. The second-order valence-electron chi connectivity index (χ2n) is 8.71. The van der Waals surface area contributed by atoms with Gasteiger partial charge in [0.2, 0.25) is 0 Å². The number of ether oxygens (including phenoxy) is 3. The molecular formula is C24H31N3O5. The van der Waals surface area contributed by atoms with Gasteiger partial charge in [-0.05, 0) is 76.4 Å². The number of hydrogen-bond acceptors (Lipinski definition) is 6. The van der Waals surface area contributed by atoms with Gasteiger partial charge in [-0.15, -0.1) is 0 Å². The van der Waals surface area contributed by atoms with Crippen molar-refractivity contribution in [3.8, 4) is 11.5 Å². The summed E-state index contributed by atoms with van der Waals surface area (Å²) < 4.78 is 16.4. The summed E-state index contributed by atoms with van der Waals surface area (Å²) in [5, 5.41) is 5.58. The average molecular weight is 442 g/mol. The van der Waals surface area contributed by atoms with Gasteiger partial charge in [-0.2, -0.15) is 0 Å². The predicted molar refractivity (Wildman–Crippen MR) is 123 cm³/mol. The smallest absolute Gasteiger partial charge is 0.407 e. The van der Waals surface area contributed by atoms with Crippen LogP contribution in [0.4, 0.5) is 16.2 Å². The number of benzene rings is 2. The molecule has 3 rings (SSSR count). The van der Waals surface area contributed by atoms with Crippen LogP contribution in [0.5, 0.6) is 11.5 Å². The second kappa shape index (κ2) is 10.4. The Hall–Kier alpha value is -3.26. The van der Waals surface area contributed by atoms with Gasteiger partial charge in [-0.25, -0.2) is 4.79 Å². The van der Waals surface area contributed by atoms with Crippen LogP contribution in [0.25, 0.3) is 0 Å². The topological polar surface area (TPSA) is 115 Å². The summed E-state index contributed by atoms with van der Waals surface area (Å²) in [4.78, 5) is 23.9. The standard InChI is InChI=1S/C24H31N3O5/c1-24(2,3)32-23(29)26-14-5-4-9-20-21(31-20)22(28)27-17-10-12-18(13-11-17)30-19-8-6-7-16(25)15-19/h6-8,10-13,15,20-21H,4-5,9,14,25H2,1-3H3,(H,26,29)(H,27,28)/t20-,21+/m1/s1. The fraction of sp³-hybridized carbons (Fsp3) is 0.417. The Morgan fingerprint density at radius 2 is 1.81 bits per heavy atom. The van der Waals surface area contributed by atoms with Crippen LogP contribution in [0, 0.1) is 0 Å². The van der Waals surface area contributed by atoms with Crippen molar-refractivity contribution < 1.29 is 23.8 Å². The van der Waals surface area contributed by atoms with Gasteiger partial charge >= 0.3 is 6.09 Å². The first kappa shape index (κ1) is 23.4. The van der Waals surface area contributed by atoms with Gasteiger partial charge in [-0.3, -0.25) is 4.79 Å². The van der Waals surface area contributed by atoms with E-state index < -0.39 is 17.8 Å². The van der Waals surface area contributed by atoms with E-state index in [1.807, 2.05) is 32.9 Å². The Labute approximate surface area is 188 Å². The zero-order chi connectivity index (χ0) is 23.1. The molecule has 0 unspecified atom stereocenters. The van der Waals surface area contributed by atoms with Crippen molar-refractivity contribution in [2.45, 2.75) is 57.8 Å². The largest absolute Gasteiger partial charge is 0.457 e. The van der Waals surface area contributed by atoms with Crippen LogP contribution in [0.15, 0.2) is 48.5 Å². The van der Waals surface area contributed by atoms with Crippen molar-refractivity contribution in [1.82, 2.24) is 5.32 Å². The molecule has 1 saturated heterocycles. The molecule has 1 aliphatic rings. The number of nitrogen functional groups attached to an aromatic ring is 1. The summed E-state index contributed by atoms with van der Waals surface area (Å²) in [5.74, 6) is 1.14. The van der Waals surface area contributed by atoms with E-state index in [1.54, 1.807) is 36.4 Å². The maximum absolute atomic E-state index is 12.4. The van der Waals surface area contributed by atoms with Crippen LogP contribution >= 0.6 is 0 Å². The molecule has 0 aliphatic carbocycles. The maximum atomic E-state index is 12.4. The summed E-state index contributed by atoms with van der Waals surface area (Å²) in [6.07, 6.45) is 1.48. The molecule has 0 saturated carbocycles. The quantitative estimate of drug-likeness (QED) is 0.301. The Morgan fingerprint density at radius 3 is 2.50 bits per heavy atom. The number of nitrogens with one attached hydrogen (secondary N) is 2. The molecule has 32 heavy (non-hydrogen) atoms. The van der Waals surface area contributed by atoms with Crippen LogP contribution in [-0.2, 0) is 14.3 Å². The Kier molecular flexibility index (Phi) is 7.58. The molecule has 172 valence electrons. The molecule has 2 atom stereocenters. The predicted octanol–water partition coefficient (Wildman–Crippen LogP) is 4.46. The molecule has 1 heterocycles. The minimum Gasteiger partial charge on any atom is -0.457 e. The Bertz CT molecular complexity index is 924. The number of carbonyl (C=O) groups excluding carboxylic acids is 2. The van der Waals surface area contributed by atoms with E-state index >= 15 is 0 Å². The molecule has 0 spiro atoms. The summed E-state index contributed by atoms with van der Waals surface area (Å²) in [6, 6.07) is 14.3. The number of unbranched alkanes of at least 4 members (excludes halogenated alkanes) is 1. The minimum atomic E-state index is -0.504. The highest BCUT2D eigenvalue weighted by Gasteiger charge is 2.44. The molecule has 0 radical (unpaired) electrons. The normalized spacial score (nSPS) is 17.3. The molecule has 0 bridgehead atoms. The highest BCUT2D eigenvalue weighted by Crippen LogP contribution is 2.29.